The molecule has 5 heterocycles. The molecule has 4 aromatic rings. The number of anilines is 1. The van der Waals surface area contributed by atoms with Crippen LogP contribution >= 0.6 is 0 Å². The number of fused-ring (bicyclic) bond motifs is 5. The van der Waals surface area contributed by atoms with Gasteiger partial charge in [0, 0.05) is 43.3 Å². The van der Waals surface area contributed by atoms with Gasteiger partial charge in [0.1, 0.15) is 5.82 Å². The van der Waals surface area contributed by atoms with Gasteiger partial charge in [-0.15, -0.1) is 0 Å². The summed E-state index contributed by atoms with van der Waals surface area (Å²) in [4.78, 5) is 14.6. The standard InChI is InChI=1S/C27H27N7/c1-18-14-33(17-25(18)31(2)3)26-9-8-23-22(30-26)16-32-15-21(20-6-4-19(13-28)5-7-20)12-24(32)27-29-10-11-34(23)27/h4-12,15,18,25H,14,16-17H2,1-3H3/t18-,25-/m1/s1. The third-order valence-corrected chi connectivity index (χ3v) is 7.19. The van der Waals surface area contributed by atoms with Crippen molar-refractivity contribution in [2.24, 2.45) is 5.92 Å². The van der Waals surface area contributed by atoms with Crippen LogP contribution in [-0.2, 0) is 6.54 Å². The summed E-state index contributed by atoms with van der Waals surface area (Å²) >= 11 is 0. The van der Waals surface area contributed by atoms with Gasteiger partial charge in [-0.3, -0.25) is 4.57 Å². The van der Waals surface area contributed by atoms with Crippen molar-refractivity contribution in [1.82, 2.24) is 24.0 Å². The number of rotatable bonds is 3. The predicted molar refractivity (Wildman–Crippen MR) is 133 cm³/mol. The number of benzene rings is 1. The first-order valence-corrected chi connectivity index (χ1v) is 11.7. The van der Waals surface area contributed by atoms with E-state index in [0.717, 1.165) is 52.9 Å². The third-order valence-electron chi connectivity index (χ3n) is 7.19. The quantitative estimate of drug-likeness (QED) is 0.416. The van der Waals surface area contributed by atoms with Gasteiger partial charge >= 0.3 is 0 Å². The average molecular weight is 450 g/mol. The lowest BCUT2D eigenvalue weighted by Gasteiger charge is -2.23. The Morgan fingerprint density at radius 3 is 2.62 bits per heavy atom. The molecule has 6 rings (SSSR count). The smallest absolute Gasteiger partial charge is 0.161 e. The second-order valence-corrected chi connectivity index (χ2v) is 9.60. The molecule has 2 aliphatic rings. The summed E-state index contributed by atoms with van der Waals surface area (Å²) in [5.41, 5.74) is 6.04. The molecule has 0 amide bonds. The topological polar surface area (TPSA) is 65.9 Å². The van der Waals surface area contributed by atoms with Crippen molar-refractivity contribution in [1.29, 1.82) is 5.26 Å². The van der Waals surface area contributed by atoms with Gasteiger partial charge in [0.2, 0.25) is 0 Å². The van der Waals surface area contributed by atoms with E-state index in [1.807, 2.05) is 36.7 Å². The van der Waals surface area contributed by atoms with Gasteiger partial charge in [0.05, 0.1) is 35.3 Å². The number of nitriles is 1. The maximum Gasteiger partial charge on any atom is 0.161 e. The molecule has 1 aromatic carbocycles. The Bertz CT molecular complexity index is 1400. The van der Waals surface area contributed by atoms with E-state index in [9.17, 15) is 0 Å². The van der Waals surface area contributed by atoms with Crippen molar-refractivity contribution < 1.29 is 0 Å². The molecule has 1 fully saturated rings. The molecule has 0 aliphatic carbocycles. The lowest BCUT2D eigenvalue weighted by atomic mass is 10.1. The summed E-state index contributed by atoms with van der Waals surface area (Å²) in [5, 5.41) is 9.12. The highest BCUT2D eigenvalue weighted by Crippen LogP contribution is 2.35. The van der Waals surface area contributed by atoms with Gasteiger partial charge in [-0.25, -0.2) is 9.97 Å². The molecule has 0 saturated carbocycles. The van der Waals surface area contributed by atoms with E-state index in [4.69, 9.17) is 10.2 Å². The highest BCUT2D eigenvalue weighted by molar-refractivity contribution is 5.72. The maximum absolute atomic E-state index is 9.12. The highest BCUT2D eigenvalue weighted by atomic mass is 15.3. The van der Waals surface area contributed by atoms with E-state index in [1.165, 1.54) is 0 Å². The largest absolute Gasteiger partial charge is 0.355 e. The fraction of sp³-hybridized carbons (Fsp3) is 0.296. The van der Waals surface area contributed by atoms with E-state index in [2.05, 4.69) is 75.4 Å². The van der Waals surface area contributed by atoms with E-state index < -0.39 is 0 Å². The minimum atomic E-state index is 0.534. The molecular formula is C27H27N7. The minimum absolute atomic E-state index is 0.534. The molecule has 3 aromatic heterocycles. The summed E-state index contributed by atoms with van der Waals surface area (Å²) in [6.07, 6.45) is 6.03. The van der Waals surface area contributed by atoms with Gasteiger partial charge < -0.3 is 14.4 Å². The number of hydrogen-bond acceptors (Lipinski definition) is 5. The van der Waals surface area contributed by atoms with Crippen molar-refractivity contribution in [2.45, 2.75) is 19.5 Å². The molecule has 0 spiro atoms. The average Bonchev–Trinajstić information content (AvgIpc) is 3.56. The minimum Gasteiger partial charge on any atom is -0.355 e. The SMILES string of the molecule is C[C@@H]1CN(c2ccc3c(n2)Cn2cc(-c4ccc(C#N)cc4)cc2-c2nccn2-3)C[C@H]1N(C)C. The fourth-order valence-corrected chi connectivity index (χ4v) is 5.38. The highest BCUT2D eigenvalue weighted by Gasteiger charge is 2.32. The molecule has 0 N–H and O–H groups in total. The Hall–Kier alpha value is -3.89. The van der Waals surface area contributed by atoms with Crippen molar-refractivity contribution in [3.63, 3.8) is 0 Å². The molecule has 7 heteroatoms. The molecule has 2 atom stereocenters. The van der Waals surface area contributed by atoms with Crippen molar-refractivity contribution in [3.05, 3.63) is 72.3 Å². The number of nitrogens with zero attached hydrogens (tertiary/aromatic N) is 7. The van der Waals surface area contributed by atoms with Crippen molar-refractivity contribution in [3.8, 4) is 34.4 Å². The lowest BCUT2D eigenvalue weighted by Crippen LogP contribution is -2.34. The first kappa shape index (κ1) is 20.7. The Morgan fingerprint density at radius 2 is 1.88 bits per heavy atom. The van der Waals surface area contributed by atoms with Crippen LogP contribution in [0.25, 0.3) is 28.3 Å². The van der Waals surface area contributed by atoms with E-state index >= 15 is 0 Å². The van der Waals surface area contributed by atoms with Crippen LogP contribution in [0.4, 0.5) is 5.82 Å². The van der Waals surface area contributed by atoms with E-state index in [0.29, 0.717) is 24.1 Å². The van der Waals surface area contributed by atoms with Crippen molar-refractivity contribution >= 4 is 5.82 Å². The Labute approximate surface area is 199 Å². The zero-order valence-electron chi connectivity index (χ0n) is 19.7. The summed E-state index contributed by atoms with van der Waals surface area (Å²) in [7, 11) is 4.32. The summed E-state index contributed by atoms with van der Waals surface area (Å²) in [5.74, 6) is 2.55. The number of aromatic nitrogens is 4. The summed E-state index contributed by atoms with van der Waals surface area (Å²) in [6, 6.07) is 17.0. The normalized spacial score (nSPS) is 18.9. The van der Waals surface area contributed by atoms with Gasteiger partial charge in [0.15, 0.2) is 5.82 Å². The first-order chi connectivity index (χ1) is 16.5. The molecule has 0 radical (unpaired) electrons. The maximum atomic E-state index is 9.12. The molecule has 170 valence electrons. The Morgan fingerprint density at radius 1 is 1.06 bits per heavy atom. The van der Waals surface area contributed by atoms with Gasteiger partial charge in [-0.1, -0.05) is 19.1 Å². The zero-order valence-corrected chi connectivity index (χ0v) is 19.7. The van der Waals surface area contributed by atoms with Gasteiger partial charge in [-0.2, -0.15) is 5.26 Å². The van der Waals surface area contributed by atoms with Crippen LogP contribution < -0.4 is 4.90 Å². The van der Waals surface area contributed by atoms with Crippen LogP contribution in [-0.4, -0.2) is 57.2 Å². The van der Waals surface area contributed by atoms with Crippen LogP contribution in [0.2, 0.25) is 0 Å². The predicted octanol–water partition coefficient (Wildman–Crippen LogP) is 4.02. The van der Waals surface area contributed by atoms with Gasteiger partial charge in [-0.05, 0) is 55.9 Å². The Kier molecular flexibility index (Phi) is 4.78. The fourth-order valence-electron chi connectivity index (χ4n) is 5.38. The molecule has 1 saturated heterocycles. The summed E-state index contributed by atoms with van der Waals surface area (Å²) < 4.78 is 4.38. The number of likely N-dealkylation sites (N-methyl/N-ethyl adjacent to an activating group) is 1. The van der Waals surface area contributed by atoms with E-state index in [-0.39, 0.29) is 0 Å². The van der Waals surface area contributed by atoms with Crippen LogP contribution in [0.1, 0.15) is 18.2 Å². The molecule has 2 aliphatic heterocycles. The number of imidazole rings is 1. The summed E-state index contributed by atoms with van der Waals surface area (Å²) in [6.45, 7) is 5.01. The van der Waals surface area contributed by atoms with Crippen molar-refractivity contribution in [2.75, 3.05) is 32.1 Å². The zero-order chi connectivity index (χ0) is 23.4. The lowest BCUT2D eigenvalue weighted by molar-refractivity contribution is 0.266. The second-order valence-electron chi connectivity index (χ2n) is 9.60. The molecule has 7 nitrogen and oxygen atoms in total. The number of hydrogen-bond donors (Lipinski definition) is 0. The Balaban J connectivity index is 1.40. The first-order valence-electron chi connectivity index (χ1n) is 11.7. The molecular weight excluding hydrogens is 422 g/mol. The van der Waals surface area contributed by atoms with Crippen LogP contribution in [0, 0.1) is 17.2 Å². The van der Waals surface area contributed by atoms with Crippen LogP contribution in [0.15, 0.2) is 61.1 Å². The number of pyridine rings is 1. The van der Waals surface area contributed by atoms with Crippen LogP contribution in [0.5, 0.6) is 0 Å². The third kappa shape index (κ3) is 3.30. The second kappa shape index (κ2) is 7.86. The van der Waals surface area contributed by atoms with Gasteiger partial charge in [0.25, 0.3) is 0 Å². The van der Waals surface area contributed by atoms with E-state index in [1.54, 1.807) is 0 Å². The van der Waals surface area contributed by atoms with Crippen LogP contribution in [0.3, 0.4) is 0 Å². The molecule has 0 bridgehead atoms. The molecule has 0 unspecified atom stereocenters. The molecule has 34 heavy (non-hydrogen) atoms. The monoisotopic (exact) mass is 449 g/mol.